The molecule has 5 nitrogen and oxygen atoms in total. The van der Waals surface area contributed by atoms with Gasteiger partial charge < -0.3 is 10.1 Å². The van der Waals surface area contributed by atoms with Crippen LogP contribution in [0.15, 0.2) is 60.7 Å². The number of halogens is 2. The van der Waals surface area contributed by atoms with Gasteiger partial charge in [-0.3, -0.25) is 4.79 Å². The van der Waals surface area contributed by atoms with E-state index in [1.807, 2.05) is 37.3 Å². The Bertz CT molecular complexity index is 895. The maximum Gasteiger partial charge on any atom is 0.387 e. The number of hydrogen-bond acceptors (Lipinski definition) is 3. The zero-order valence-corrected chi connectivity index (χ0v) is 14.0. The standard InChI is InChI=1S/C19H17F2N3O2/c1-13-10-17(24(23-13)12-14-6-3-2-4-7-14)22-18(25)15-8-5-9-16(11-15)26-19(20)21/h2-11,19H,12H2,1H3,(H,22,25). The summed E-state index contributed by atoms with van der Waals surface area (Å²) in [6.45, 7) is -0.615. The Morgan fingerprint density at radius 2 is 1.92 bits per heavy atom. The lowest BCUT2D eigenvalue weighted by Crippen LogP contribution is -2.16. The van der Waals surface area contributed by atoms with Crippen molar-refractivity contribution in [2.75, 3.05) is 5.32 Å². The lowest BCUT2D eigenvalue weighted by atomic mass is 10.2. The Hall–Kier alpha value is -3.22. The fourth-order valence-electron chi connectivity index (χ4n) is 2.53. The molecule has 0 fully saturated rings. The molecule has 0 aliphatic rings. The van der Waals surface area contributed by atoms with E-state index >= 15 is 0 Å². The third-order valence-electron chi connectivity index (χ3n) is 3.64. The fraction of sp³-hybridized carbons (Fsp3) is 0.158. The van der Waals surface area contributed by atoms with Crippen LogP contribution in [0, 0.1) is 6.92 Å². The SMILES string of the molecule is Cc1cc(NC(=O)c2cccc(OC(F)F)c2)n(Cc2ccccc2)n1. The van der Waals surface area contributed by atoms with Crippen LogP contribution in [-0.2, 0) is 6.54 Å². The number of amides is 1. The van der Waals surface area contributed by atoms with Gasteiger partial charge in [-0.1, -0.05) is 36.4 Å². The van der Waals surface area contributed by atoms with E-state index in [9.17, 15) is 13.6 Å². The Labute approximate surface area is 149 Å². The number of aryl methyl sites for hydroxylation is 1. The Morgan fingerprint density at radius 3 is 2.65 bits per heavy atom. The van der Waals surface area contributed by atoms with Crippen LogP contribution in [0.1, 0.15) is 21.6 Å². The molecule has 2 aromatic carbocycles. The number of nitrogens with zero attached hydrogens (tertiary/aromatic N) is 2. The van der Waals surface area contributed by atoms with Crippen molar-refractivity contribution in [3.63, 3.8) is 0 Å². The van der Waals surface area contributed by atoms with E-state index < -0.39 is 12.5 Å². The molecule has 1 N–H and O–H groups in total. The molecule has 0 unspecified atom stereocenters. The second kappa shape index (κ2) is 7.77. The van der Waals surface area contributed by atoms with Gasteiger partial charge in [0.25, 0.3) is 5.91 Å². The summed E-state index contributed by atoms with van der Waals surface area (Å²) in [4.78, 5) is 12.5. The van der Waals surface area contributed by atoms with Gasteiger partial charge in [0, 0.05) is 11.6 Å². The molecule has 0 saturated carbocycles. The van der Waals surface area contributed by atoms with E-state index in [2.05, 4.69) is 15.2 Å². The molecule has 0 saturated heterocycles. The van der Waals surface area contributed by atoms with Crippen LogP contribution in [-0.4, -0.2) is 22.3 Å². The highest BCUT2D eigenvalue weighted by Gasteiger charge is 2.13. The number of carbonyl (C=O) groups excluding carboxylic acids is 1. The molecule has 0 spiro atoms. The van der Waals surface area contributed by atoms with Crippen molar-refractivity contribution in [2.45, 2.75) is 20.1 Å². The minimum Gasteiger partial charge on any atom is -0.435 e. The van der Waals surface area contributed by atoms with Gasteiger partial charge in [0.1, 0.15) is 11.6 Å². The summed E-state index contributed by atoms with van der Waals surface area (Å²) in [6, 6.07) is 17.1. The van der Waals surface area contributed by atoms with Gasteiger partial charge in [-0.25, -0.2) is 4.68 Å². The predicted octanol–water partition coefficient (Wildman–Crippen LogP) is 4.09. The fourth-order valence-corrected chi connectivity index (χ4v) is 2.53. The van der Waals surface area contributed by atoms with Crippen LogP contribution in [0.5, 0.6) is 5.75 Å². The Balaban J connectivity index is 1.77. The maximum absolute atomic E-state index is 12.5. The van der Waals surface area contributed by atoms with Crippen molar-refractivity contribution in [2.24, 2.45) is 0 Å². The van der Waals surface area contributed by atoms with Crippen LogP contribution in [0.25, 0.3) is 0 Å². The lowest BCUT2D eigenvalue weighted by Gasteiger charge is -2.10. The van der Waals surface area contributed by atoms with Crippen LogP contribution >= 0.6 is 0 Å². The summed E-state index contributed by atoms with van der Waals surface area (Å²) in [5.74, 6) is 0.0251. The van der Waals surface area contributed by atoms with Gasteiger partial charge in [0.05, 0.1) is 12.2 Å². The smallest absolute Gasteiger partial charge is 0.387 e. The molecule has 0 aliphatic carbocycles. The Morgan fingerprint density at radius 1 is 1.15 bits per heavy atom. The number of rotatable bonds is 6. The first kappa shape index (κ1) is 17.6. The molecule has 0 bridgehead atoms. The van der Waals surface area contributed by atoms with Crippen molar-refractivity contribution in [3.05, 3.63) is 77.5 Å². The summed E-state index contributed by atoms with van der Waals surface area (Å²) in [5, 5.41) is 7.15. The number of benzene rings is 2. The molecule has 1 amide bonds. The average molecular weight is 357 g/mol. The number of alkyl halides is 2. The molecule has 26 heavy (non-hydrogen) atoms. The number of anilines is 1. The van der Waals surface area contributed by atoms with Gasteiger partial charge >= 0.3 is 6.61 Å². The molecule has 134 valence electrons. The van der Waals surface area contributed by atoms with Crippen molar-refractivity contribution in [1.82, 2.24) is 9.78 Å². The average Bonchev–Trinajstić information content (AvgIpc) is 2.94. The van der Waals surface area contributed by atoms with E-state index in [1.54, 1.807) is 10.7 Å². The summed E-state index contributed by atoms with van der Waals surface area (Å²) in [6.07, 6.45) is 0. The normalized spacial score (nSPS) is 10.8. The second-order valence-corrected chi connectivity index (χ2v) is 5.67. The lowest BCUT2D eigenvalue weighted by molar-refractivity contribution is -0.0498. The number of hydrogen-bond donors (Lipinski definition) is 1. The molecule has 7 heteroatoms. The topological polar surface area (TPSA) is 56.1 Å². The summed E-state index contributed by atoms with van der Waals surface area (Å²) < 4.78 is 30.7. The van der Waals surface area contributed by atoms with Gasteiger partial charge in [0.15, 0.2) is 0 Å². The molecule has 1 heterocycles. The Kier molecular flexibility index (Phi) is 5.26. The molecule has 0 atom stereocenters. The third kappa shape index (κ3) is 4.44. The first-order chi connectivity index (χ1) is 12.5. The van der Waals surface area contributed by atoms with Crippen molar-refractivity contribution >= 4 is 11.7 Å². The van der Waals surface area contributed by atoms with E-state index in [4.69, 9.17) is 0 Å². The zero-order chi connectivity index (χ0) is 18.5. The van der Waals surface area contributed by atoms with E-state index in [0.29, 0.717) is 12.4 Å². The van der Waals surface area contributed by atoms with Gasteiger partial charge in [-0.15, -0.1) is 0 Å². The van der Waals surface area contributed by atoms with Crippen molar-refractivity contribution < 1.29 is 18.3 Å². The van der Waals surface area contributed by atoms with Crippen molar-refractivity contribution in [1.29, 1.82) is 0 Å². The molecular formula is C19H17F2N3O2. The van der Waals surface area contributed by atoms with Crippen LogP contribution in [0.2, 0.25) is 0 Å². The molecular weight excluding hydrogens is 340 g/mol. The third-order valence-corrected chi connectivity index (χ3v) is 3.64. The zero-order valence-electron chi connectivity index (χ0n) is 14.0. The number of carbonyl (C=O) groups is 1. The highest BCUT2D eigenvalue weighted by Crippen LogP contribution is 2.18. The predicted molar refractivity (Wildman–Crippen MR) is 93.5 cm³/mol. The molecule has 3 rings (SSSR count). The largest absolute Gasteiger partial charge is 0.435 e. The van der Waals surface area contributed by atoms with Crippen LogP contribution in [0.3, 0.4) is 0 Å². The summed E-state index contributed by atoms with van der Waals surface area (Å²) in [7, 11) is 0. The second-order valence-electron chi connectivity index (χ2n) is 5.67. The first-order valence-electron chi connectivity index (χ1n) is 7.96. The molecule has 0 aliphatic heterocycles. The van der Waals surface area contributed by atoms with Gasteiger partial charge in [-0.05, 0) is 30.7 Å². The highest BCUT2D eigenvalue weighted by atomic mass is 19.3. The summed E-state index contributed by atoms with van der Waals surface area (Å²) >= 11 is 0. The minimum atomic E-state index is -2.94. The van der Waals surface area contributed by atoms with Crippen LogP contribution < -0.4 is 10.1 Å². The maximum atomic E-state index is 12.5. The van der Waals surface area contributed by atoms with E-state index in [0.717, 1.165) is 11.3 Å². The van der Waals surface area contributed by atoms with Crippen molar-refractivity contribution in [3.8, 4) is 5.75 Å². The minimum absolute atomic E-state index is 0.0679. The molecule has 1 aromatic heterocycles. The van der Waals surface area contributed by atoms with Gasteiger partial charge in [-0.2, -0.15) is 13.9 Å². The highest BCUT2D eigenvalue weighted by molar-refractivity contribution is 6.04. The number of nitrogens with one attached hydrogen (secondary N) is 1. The monoisotopic (exact) mass is 357 g/mol. The molecule has 0 radical (unpaired) electrons. The van der Waals surface area contributed by atoms with E-state index in [-0.39, 0.29) is 11.3 Å². The number of aromatic nitrogens is 2. The quantitative estimate of drug-likeness (QED) is 0.723. The first-order valence-corrected chi connectivity index (χ1v) is 7.96. The number of ether oxygens (including phenoxy) is 1. The summed E-state index contributed by atoms with van der Waals surface area (Å²) in [5.41, 5.74) is 2.01. The van der Waals surface area contributed by atoms with Crippen LogP contribution in [0.4, 0.5) is 14.6 Å². The molecule has 3 aromatic rings. The van der Waals surface area contributed by atoms with Gasteiger partial charge in [0.2, 0.25) is 0 Å². The van der Waals surface area contributed by atoms with E-state index in [1.165, 1.54) is 24.3 Å².